The van der Waals surface area contributed by atoms with Crippen molar-refractivity contribution in [3.63, 3.8) is 0 Å². The molecular weight excluding hydrogens is 367 g/mol. The predicted octanol–water partition coefficient (Wildman–Crippen LogP) is 3.59. The van der Waals surface area contributed by atoms with Crippen molar-refractivity contribution in [2.45, 2.75) is 24.9 Å². The maximum Gasteiger partial charge on any atom is 0.256 e. The van der Waals surface area contributed by atoms with Crippen LogP contribution in [0.3, 0.4) is 0 Å². The first-order chi connectivity index (χ1) is 14.1. The van der Waals surface area contributed by atoms with Crippen molar-refractivity contribution < 1.29 is 9.18 Å². The second kappa shape index (κ2) is 6.81. The molecule has 6 heteroatoms. The Morgan fingerprint density at radius 1 is 1.07 bits per heavy atom. The topological polar surface area (TPSA) is 41.4 Å². The Labute approximate surface area is 169 Å². The average Bonchev–Trinajstić information content (AvgIpc) is 3.21. The first kappa shape index (κ1) is 18.1. The summed E-state index contributed by atoms with van der Waals surface area (Å²) in [6.45, 7) is 1.96. The van der Waals surface area contributed by atoms with E-state index in [2.05, 4.69) is 40.8 Å². The Morgan fingerprint density at radius 2 is 1.79 bits per heavy atom. The quantitative estimate of drug-likeness (QED) is 0.638. The Hall–Kier alpha value is -2.99. The van der Waals surface area contributed by atoms with Crippen LogP contribution in [0.1, 0.15) is 34.6 Å². The fraction of sp³-hybridized carbons (Fsp3) is 0.304. The number of halogens is 1. The first-order valence-corrected chi connectivity index (χ1v) is 9.97. The number of fused-ring (bicyclic) bond motifs is 4. The van der Waals surface area contributed by atoms with Gasteiger partial charge in [0.25, 0.3) is 5.91 Å². The van der Waals surface area contributed by atoms with E-state index in [9.17, 15) is 9.18 Å². The number of benzene rings is 2. The van der Waals surface area contributed by atoms with Crippen molar-refractivity contribution in [2.24, 2.45) is 0 Å². The third-order valence-electron chi connectivity index (χ3n) is 6.43. The Balaban J connectivity index is 1.46. The molecule has 0 atom stereocenters. The molecule has 0 saturated carbocycles. The van der Waals surface area contributed by atoms with E-state index in [0.29, 0.717) is 13.1 Å². The number of piperidine rings is 1. The number of rotatable bonds is 1. The highest BCUT2D eigenvalue weighted by Crippen LogP contribution is 2.42. The summed E-state index contributed by atoms with van der Waals surface area (Å²) in [5, 5.41) is 0. The maximum atomic E-state index is 14.1. The number of hydrogen-bond acceptors (Lipinski definition) is 3. The second-order valence-electron chi connectivity index (χ2n) is 7.91. The van der Waals surface area contributed by atoms with Crippen LogP contribution in [0.15, 0.2) is 60.9 Å². The van der Waals surface area contributed by atoms with Gasteiger partial charge in [0.15, 0.2) is 0 Å². The molecule has 1 fully saturated rings. The van der Waals surface area contributed by atoms with Crippen molar-refractivity contribution in [1.29, 1.82) is 0 Å². The summed E-state index contributed by atoms with van der Waals surface area (Å²) < 4.78 is 16.3. The molecule has 1 spiro atoms. The highest BCUT2D eigenvalue weighted by molar-refractivity contribution is 5.94. The largest absolute Gasteiger partial charge is 0.338 e. The highest BCUT2D eigenvalue weighted by atomic mass is 19.1. The van der Waals surface area contributed by atoms with Gasteiger partial charge < -0.3 is 9.47 Å². The van der Waals surface area contributed by atoms with Gasteiger partial charge in [-0.2, -0.15) is 0 Å². The zero-order chi connectivity index (χ0) is 20.0. The molecule has 3 heterocycles. The van der Waals surface area contributed by atoms with Crippen molar-refractivity contribution in [3.05, 3.63) is 83.7 Å². The normalized spacial score (nSPS) is 18.2. The van der Waals surface area contributed by atoms with Crippen LogP contribution in [0.2, 0.25) is 0 Å². The van der Waals surface area contributed by atoms with E-state index in [1.54, 1.807) is 23.1 Å². The SMILES string of the molecule is CN1Cc2ccccc2-n2ccnc2C12CCN(C(=O)c1ccccc1F)CC2. The predicted molar refractivity (Wildman–Crippen MR) is 108 cm³/mol. The smallest absolute Gasteiger partial charge is 0.256 e. The molecule has 148 valence electrons. The van der Waals surface area contributed by atoms with Crippen molar-refractivity contribution >= 4 is 5.91 Å². The molecule has 1 aromatic heterocycles. The van der Waals surface area contributed by atoms with Crippen molar-refractivity contribution in [2.75, 3.05) is 20.1 Å². The van der Waals surface area contributed by atoms with Gasteiger partial charge in [-0.15, -0.1) is 0 Å². The van der Waals surface area contributed by atoms with Crippen LogP contribution < -0.4 is 0 Å². The number of carbonyl (C=O) groups is 1. The first-order valence-electron chi connectivity index (χ1n) is 9.97. The number of para-hydroxylation sites is 1. The minimum atomic E-state index is -0.463. The lowest BCUT2D eigenvalue weighted by molar-refractivity contribution is 0.0228. The molecule has 2 aliphatic heterocycles. The molecule has 0 bridgehead atoms. The van der Waals surface area contributed by atoms with Crippen LogP contribution >= 0.6 is 0 Å². The molecule has 2 aromatic carbocycles. The number of hydrogen-bond donors (Lipinski definition) is 0. The van der Waals surface area contributed by atoms with Gasteiger partial charge in [-0.1, -0.05) is 30.3 Å². The van der Waals surface area contributed by atoms with Crippen LogP contribution in [0, 0.1) is 5.82 Å². The lowest BCUT2D eigenvalue weighted by Gasteiger charge is -2.46. The number of amides is 1. The molecule has 29 heavy (non-hydrogen) atoms. The van der Waals surface area contributed by atoms with Crippen molar-refractivity contribution in [3.8, 4) is 5.69 Å². The zero-order valence-electron chi connectivity index (χ0n) is 16.4. The summed E-state index contributed by atoms with van der Waals surface area (Å²) in [5.74, 6) is 0.319. The van der Waals surface area contributed by atoms with Gasteiger partial charge in [0, 0.05) is 32.0 Å². The lowest BCUT2D eigenvalue weighted by Crippen LogP contribution is -2.53. The zero-order valence-corrected chi connectivity index (χ0v) is 16.4. The fourth-order valence-corrected chi connectivity index (χ4v) is 4.79. The molecule has 0 aliphatic carbocycles. The lowest BCUT2D eigenvalue weighted by atomic mass is 9.84. The van der Waals surface area contributed by atoms with E-state index in [0.717, 1.165) is 30.9 Å². The van der Waals surface area contributed by atoms with E-state index in [-0.39, 0.29) is 17.0 Å². The fourth-order valence-electron chi connectivity index (χ4n) is 4.79. The van der Waals surface area contributed by atoms with Gasteiger partial charge in [-0.3, -0.25) is 9.69 Å². The van der Waals surface area contributed by atoms with Crippen molar-refractivity contribution in [1.82, 2.24) is 19.4 Å². The molecule has 0 radical (unpaired) electrons. The molecule has 5 nitrogen and oxygen atoms in total. The number of imidazole rings is 1. The summed E-state index contributed by atoms with van der Waals surface area (Å²) in [7, 11) is 2.13. The summed E-state index contributed by atoms with van der Waals surface area (Å²) in [5.41, 5.74) is 2.31. The van der Waals surface area contributed by atoms with E-state index in [1.807, 2.05) is 12.4 Å². The van der Waals surface area contributed by atoms with E-state index in [1.165, 1.54) is 11.6 Å². The molecular formula is C23H23FN4O. The molecule has 0 N–H and O–H groups in total. The summed E-state index contributed by atoms with van der Waals surface area (Å²) >= 11 is 0. The minimum Gasteiger partial charge on any atom is -0.338 e. The Morgan fingerprint density at radius 3 is 2.59 bits per heavy atom. The third kappa shape index (κ3) is 2.78. The van der Waals surface area contributed by atoms with E-state index < -0.39 is 5.82 Å². The second-order valence-corrected chi connectivity index (χ2v) is 7.91. The summed E-state index contributed by atoms with van der Waals surface area (Å²) in [6.07, 6.45) is 5.39. The van der Waals surface area contributed by atoms with Gasteiger partial charge in [-0.05, 0) is 43.7 Å². The van der Waals surface area contributed by atoms with E-state index >= 15 is 0 Å². The highest BCUT2D eigenvalue weighted by Gasteiger charge is 2.45. The maximum absolute atomic E-state index is 14.1. The van der Waals surface area contributed by atoms with Crippen LogP contribution in [0.5, 0.6) is 0 Å². The van der Waals surface area contributed by atoms with Crippen LogP contribution in [0.25, 0.3) is 5.69 Å². The third-order valence-corrected chi connectivity index (χ3v) is 6.43. The molecule has 1 saturated heterocycles. The minimum absolute atomic E-state index is 0.145. The van der Waals surface area contributed by atoms with Crippen LogP contribution in [-0.2, 0) is 12.1 Å². The number of likely N-dealkylation sites (tertiary alicyclic amines) is 1. The monoisotopic (exact) mass is 390 g/mol. The van der Waals surface area contributed by atoms with Gasteiger partial charge in [0.05, 0.1) is 16.8 Å². The number of carbonyl (C=O) groups excluding carboxylic acids is 1. The van der Waals surface area contributed by atoms with Gasteiger partial charge in [0.1, 0.15) is 11.6 Å². The number of aromatic nitrogens is 2. The average molecular weight is 390 g/mol. The standard InChI is InChI=1S/C23H23FN4O/c1-26-16-17-6-2-5-9-20(17)28-15-12-25-22(28)23(26)10-13-27(14-11-23)21(29)18-7-3-4-8-19(18)24/h2-9,12,15H,10-11,13-14,16H2,1H3. The Bertz CT molecular complexity index is 1070. The molecule has 1 amide bonds. The molecule has 2 aliphatic rings. The molecule has 0 unspecified atom stereocenters. The summed E-state index contributed by atoms with van der Waals surface area (Å²) in [4.78, 5) is 21.7. The van der Waals surface area contributed by atoms with Crippen LogP contribution in [0.4, 0.5) is 4.39 Å². The van der Waals surface area contributed by atoms with Crippen LogP contribution in [-0.4, -0.2) is 45.4 Å². The molecule has 5 rings (SSSR count). The van der Waals surface area contributed by atoms with Gasteiger partial charge in [-0.25, -0.2) is 9.37 Å². The Kier molecular flexibility index (Phi) is 4.24. The van der Waals surface area contributed by atoms with Gasteiger partial charge in [0.2, 0.25) is 0 Å². The van der Waals surface area contributed by atoms with E-state index in [4.69, 9.17) is 4.98 Å². The van der Waals surface area contributed by atoms with Gasteiger partial charge >= 0.3 is 0 Å². The number of nitrogens with zero attached hydrogens (tertiary/aromatic N) is 4. The summed E-state index contributed by atoms with van der Waals surface area (Å²) in [6, 6.07) is 14.6. The molecule has 3 aromatic rings.